The van der Waals surface area contributed by atoms with Gasteiger partial charge in [-0.05, 0) is 45.5 Å². The first-order chi connectivity index (χ1) is 8.91. The van der Waals surface area contributed by atoms with E-state index in [0.29, 0.717) is 12.1 Å². The van der Waals surface area contributed by atoms with Crippen molar-refractivity contribution >= 4 is 21.8 Å². The van der Waals surface area contributed by atoms with Crippen LogP contribution in [0.3, 0.4) is 0 Å². The number of hydrogen-bond acceptors (Lipinski definition) is 2. The monoisotopic (exact) mass is 324 g/mol. The van der Waals surface area contributed by atoms with Crippen LogP contribution in [-0.4, -0.2) is 47.9 Å². The van der Waals surface area contributed by atoms with Gasteiger partial charge in [0.15, 0.2) is 0 Å². The molecule has 2 atom stereocenters. The van der Waals surface area contributed by atoms with Gasteiger partial charge in [0.2, 0.25) is 0 Å². The van der Waals surface area contributed by atoms with Crippen molar-refractivity contribution in [2.45, 2.75) is 32.9 Å². The molecule has 0 aromatic heterocycles. The van der Waals surface area contributed by atoms with Crippen LogP contribution < -0.4 is 0 Å². The van der Waals surface area contributed by atoms with Gasteiger partial charge in [0, 0.05) is 35.2 Å². The number of likely N-dealkylation sites (N-methyl/N-ethyl adjacent to an activating group) is 1. The molecular formula is C15H21BrN2O. The van der Waals surface area contributed by atoms with E-state index in [1.165, 1.54) is 0 Å². The molecular weight excluding hydrogens is 304 g/mol. The molecule has 0 aliphatic carbocycles. The Hall–Kier alpha value is -0.870. The van der Waals surface area contributed by atoms with Crippen molar-refractivity contribution in [1.82, 2.24) is 9.80 Å². The lowest BCUT2D eigenvalue weighted by molar-refractivity contribution is 0.0413. The van der Waals surface area contributed by atoms with Crippen molar-refractivity contribution in [3.8, 4) is 0 Å². The van der Waals surface area contributed by atoms with E-state index in [2.05, 4.69) is 41.7 Å². The van der Waals surface area contributed by atoms with E-state index in [-0.39, 0.29) is 5.91 Å². The average Bonchev–Trinajstić information content (AvgIpc) is 2.38. The Labute approximate surface area is 123 Å². The van der Waals surface area contributed by atoms with Gasteiger partial charge in [-0.25, -0.2) is 0 Å². The summed E-state index contributed by atoms with van der Waals surface area (Å²) >= 11 is 3.49. The van der Waals surface area contributed by atoms with Crippen LogP contribution in [0.25, 0.3) is 0 Å². The van der Waals surface area contributed by atoms with Gasteiger partial charge in [0.05, 0.1) is 0 Å². The summed E-state index contributed by atoms with van der Waals surface area (Å²) in [6.07, 6.45) is 0. The fourth-order valence-electron chi connectivity index (χ4n) is 2.58. The second-order valence-electron chi connectivity index (χ2n) is 5.49. The SMILES string of the molecule is Cc1c(Br)cccc1C(=O)N1CC(C)N(C)C(C)C1. The molecule has 1 heterocycles. The first kappa shape index (κ1) is 14.5. The van der Waals surface area contributed by atoms with E-state index in [1.54, 1.807) is 0 Å². The molecule has 2 rings (SSSR count). The van der Waals surface area contributed by atoms with Crippen LogP contribution in [0.5, 0.6) is 0 Å². The van der Waals surface area contributed by atoms with E-state index in [9.17, 15) is 4.79 Å². The molecule has 0 N–H and O–H groups in total. The number of carbonyl (C=O) groups is 1. The van der Waals surface area contributed by atoms with E-state index >= 15 is 0 Å². The quantitative estimate of drug-likeness (QED) is 0.793. The number of halogens is 1. The highest BCUT2D eigenvalue weighted by Crippen LogP contribution is 2.22. The Bertz CT molecular complexity index is 477. The molecule has 1 aliphatic rings. The molecule has 19 heavy (non-hydrogen) atoms. The maximum Gasteiger partial charge on any atom is 0.254 e. The maximum atomic E-state index is 12.7. The number of carbonyl (C=O) groups excluding carboxylic acids is 1. The van der Waals surface area contributed by atoms with Crippen molar-refractivity contribution in [3.05, 3.63) is 33.8 Å². The highest BCUT2D eigenvalue weighted by atomic mass is 79.9. The smallest absolute Gasteiger partial charge is 0.254 e. The molecule has 1 aliphatic heterocycles. The summed E-state index contributed by atoms with van der Waals surface area (Å²) in [4.78, 5) is 17.0. The third-order valence-electron chi connectivity index (χ3n) is 4.15. The predicted octanol–water partition coefficient (Wildman–Crippen LogP) is 2.92. The summed E-state index contributed by atoms with van der Waals surface area (Å²) < 4.78 is 0.994. The Balaban J connectivity index is 2.23. The number of rotatable bonds is 1. The molecule has 1 aromatic rings. The van der Waals surface area contributed by atoms with Gasteiger partial charge in [-0.2, -0.15) is 0 Å². The lowest BCUT2D eigenvalue weighted by atomic mass is 10.0. The van der Waals surface area contributed by atoms with Crippen LogP contribution in [0, 0.1) is 6.92 Å². The number of benzene rings is 1. The minimum Gasteiger partial charge on any atom is -0.336 e. The van der Waals surface area contributed by atoms with Gasteiger partial charge in [0.1, 0.15) is 0 Å². The Kier molecular flexibility index (Phi) is 4.31. The maximum absolute atomic E-state index is 12.7. The fraction of sp³-hybridized carbons (Fsp3) is 0.533. The lowest BCUT2D eigenvalue weighted by Gasteiger charge is -2.42. The highest BCUT2D eigenvalue weighted by molar-refractivity contribution is 9.10. The molecule has 0 bridgehead atoms. The topological polar surface area (TPSA) is 23.6 Å². The van der Waals surface area contributed by atoms with E-state index < -0.39 is 0 Å². The highest BCUT2D eigenvalue weighted by Gasteiger charge is 2.30. The van der Waals surface area contributed by atoms with Gasteiger partial charge < -0.3 is 4.90 Å². The Morgan fingerprint density at radius 1 is 1.26 bits per heavy atom. The lowest BCUT2D eigenvalue weighted by Crippen LogP contribution is -2.56. The standard InChI is InChI=1S/C15H21BrN2O/c1-10-8-18(9-11(2)17(10)4)15(19)13-6-5-7-14(16)12(13)3/h5-7,10-11H,8-9H2,1-4H3. The van der Waals surface area contributed by atoms with Crippen LogP contribution in [0.2, 0.25) is 0 Å². The summed E-state index contributed by atoms with van der Waals surface area (Å²) in [6.45, 7) is 7.92. The van der Waals surface area contributed by atoms with Gasteiger partial charge in [-0.15, -0.1) is 0 Å². The molecule has 1 saturated heterocycles. The van der Waals surface area contributed by atoms with E-state index in [4.69, 9.17) is 0 Å². The third-order valence-corrected chi connectivity index (χ3v) is 5.00. The molecule has 0 saturated carbocycles. The van der Waals surface area contributed by atoms with Crippen LogP contribution in [0.4, 0.5) is 0 Å². The normalized spacial score (nSPS) is 24.6. The molecule has 2 unspecified atom stereocenters. The first-order valence-electron chi connectivity index (χ1n) is 6.68. The van der Waals surface area contributed by atoms with E-state index in [1.807, 2.05) is 30.0 Å². The number of amides is 1. The summed E-state index contributed by atoms with van der Waals surface area (Å²) in [6, 6.07) is 6.62. The van der Waals surface area contributed by atoms with Gasteiger partial charge >= 0.3 is 0 Å². The van der Waals surface area contributed by atoms with Gasteiger partial charge in [0.25, 0.3) is 5.91 Å². The van der Waals surface area contributed by atoms with Crippen molar-refractivity contribution in [2.75, 3.05) is 20.1 Å². The third kappa shape index (κ3) is 2.84. The minimum atomic E-state index is 0.144. The van der Waals surface area contributed by atoms with Crippen LogP contribution in [-0.2, 0) is 0 Å². The molecule has 1 fully saturated rings. The van der Waals surface area contributed by atoms with Crippen molar-refractivity contribution in [2.24, 2.45) is 0 Å². The van der Waals surface area contributed by atoms with Crippen LogP contribution >= 0.6 is 15.9 Å². The zero-order valence-corrected chi connectivity index (χ0v) is 13.6. The van der Waals surface area contributed by atoms with Gasteiger partial charge in [-0.1, -0.05) is 22.0 Å². The van der Waals surface area contributed by atoms with Crippen LogP contribution in [0.1, 0.15) is 29.8 Å². The summed E-state index contributed by atoms with van der Waals surface area (Å²) in [5.41, 5.74) is 1.82. The average molecular weight is 325 g/mol. The van der Waals surface area contributed by atoms with Crippen molar-refractivity contribution in [3.63, 3.8) is 0 Å². The molecule has 0 spiro atoms. The van der Waals surface area contributed by atoms with Crippen molar-refractivity contribution < 1.29 is 4.79 Å². The number of nitrogens with zero attached hydrogens (tertiary/aromatic N) is 2. The second-order valence-corrected chi connectivity index (χ2v) is 6.34. The number of hydrogen-bond donors (Lipinski definition) is 0. The zero-order chi connectivity index (χ0) is 14.2. The van der Waals surface area contributed by atoms with Crippen molar-refractivity contribution in [1.29, 1.82) is 0 Å². The van der Waals surface area contributed by atoms with Crippen LogP contribution in [0.15, 0.2) is 22.7 Å². The molecule has 3 nitrogen and oxygen atoms in total. The van der Waals surface area contributed by atoms with E-state index in [0.717, 1.165) is 28.7 Å². The Morgan fingerprint density at radius 2 is 1.84 bits per heavy atom. The first-order valence-corrected chi connectivity index (χ1v) is 7.47. The minimum absolute atomic E-state index is 0.144. The fourth-order valence-corrected chi connectivity index (χ4v) is 2.95. The molecule has 0 radical (unpaired) electrons. The summed E-state index contributed by atoms with van der Waals surface area (Å²) in [5.74, 6) is 0.144. The second kappa shape index (κ2) is 5.63. The zero-order valence-electron chi connectivity index (χ0n) is 12.0. The molecule has 4 heteroatoms. The molecule has 1 amide bonds. The molecule has 104 valence electrons. The number of piperazine rings is 1. The van der Waals surface area contributed by atoms with Gasteiger partial charge in [-0.3, -0.25) is 9.69 Å². The predicted molar refractivity (Wildman–Crippen MR) is 81.5 cm³/mol. The summed E-state index contributed by atoms with van der Waals surface area (Å²) in [5, 5.41) is 0. The Morgan fingerprint density at radius 3 is 2.42 bits per heavy atom. The summed E-state index contributed by atoms with van der Waals surface area (Å²) in [7, 11) is 2.13. The molecule has 1 aromatic carbocycles. The largest absolute Gasteiger partial charge is 0.336 e.